The molecule has 0 spiro atoms. The number of hydrogen-bond donors (Lipinski definition) is 1. The van der Waals surface area contributed by atoms with Gasteiger partial charge in [-0.2, -0.15) is 13.2 Å². The van der Waals surface area contributed by atoms with Gasteiger partial charge in [0.1, 0.15) is 5.82 Å². The number of alkyl halides is 5. The van der Waals surface area contributed by atoms with E-state index in [2.05, 4.69) is 4.98 Å². The van der Waals surface area contributed by atoms with Gasteiger partial charge in [-0.3, -0.25) is 0 Å². The number of halogens is 6. The largest absolute Gasteiger partial charge is 0.434 e. The molecule has 2 N–H and O–H groups in total. The van der Waals surface area contributed by atoms with Crippen molar-refractivity contribution in [1.82, 2.24) is 4.98 Å². The van der Waals surface area contributed by atoms with Crippen LogP contribution in [0.4, 0.5) is 27.8 Å². The lowest BCUT2D eigenvalue weighted by atomic mass is 10.2. The van der Waals surface area contributed by atoms with Crippen LogP contribution >= 0.6 is 22.6 Å². The molecule has 1 aromatic rings. The Hall–Kier alpha value is -0.670. The van der Waals surface area contributed by atoms with Crippen molar-refractivity contribution in [2.24, 2.45) is 0 Å². The normalized spacial score (nSPS) is 12.2. The number of rotatable bonds is 1. The third kappa shape index (κ3) is 2.67. The predicted molar refractivity (Wildman–Crippen MR) is 51.3 cm³/mol. The van der Waals surface area contributed by atoms with Crippen molar-refractivity contribution in [3.8, 4) is 0 Å². The number of pyridine rings is 1. The van der Waals surface area contributed by atoms with E-state index in [4.69, 9.17) is 5.73 Å². The maximum atomic E-state index is 12.3. The minimum Gasteiger partial charge on any atom is -0.383 e. The van der Waals surface area contributed by atoms with Crippen LogP contribution in [0.2, 0.25) is 0 Å². The van der Waals surface area contributed by atoms with Crippen LogP contribution < -0.4 is 5.73 Å². The summed E-state index contributed by atoms with van der Waals surface area (Å²) in [5.74, 6) is -0.794. The first-order chi connectivity index (χ1) is 6.73. The number of aromatic nitrogens is 1. The van der Waals surface area contributed by atoms with Gasteiger partial charge in [-0.1, -0.05) is 0 Å². The number of nitrogen functional groups attached to an aromatic ring is 1. The van der Waals surface area contributed by atoms with Gasteiger partial charge >= 0.3 is 6.18 Å². The van der Waals surface area contributed by atoms with Gasteiger partial charge in [-0.05, 0) is 28.7 Å². The van der Waals surface area contributed by atoms with Crippen LogP contribution in [0, 0.1) is 3.57 Å². The average molecular weight is 338 g/mol. The summed E-state index contributed by atoms with van der Waals surface area (Å²) in [7, 11) is 0. The maximum absolute atomic E-state index is 12.3. The fraction of sp³-hybridized carbons (Fsp3) is 0.286. The highest BCUT2D eigenvalue weighted by molar-refractivity contribution is 14.1. The Morgan fingerprint density at radius 1 is 1.33 bits per heavy atom. The van der Waals surface area contributed by atoms with Gasteiger partial charge in [-0.15, -0.1) is 0 Å². The van der Waals surface area contributed by atoms with Crippen LogP contribution in [-0.4, -0.2) is 4.98 Å². The Balaban J connectivity index is 3.32. The second-order valence-electron chi connectivity index (χ2n) is 2.59. The van der Waals surface area contributed by atoms with Gasteiger partial charge in [0, 0.05) is 3.57 Å². The minimum atomic E-state index is -4.69. The zero-order valence-electron chi connectivity index (χ0n) is 6.95. The first-order valence-corrected chi connectivity index (χ1v) is 4.62. The molecule has 15 heavy (non-hydrogen) atoms. The minimum absolute atomic E-state index is 0.399. The molecule has 0 bridgehead atoms. The molecule has 1 rings (SSSR count). The third-order valence-corrected chi connectivity index (χ3v) is 2.36. The molecule has 8 heteroatoms. The smallest absolute Gasteiger partial charge is 0.383 e. The summed E-state index contributed by atoms with van der Waals surface area (Å²) in [5.41, 5.74) is 3.06. The van der Waals surface area contributed by atoms with Crippen molar-refractivity contribution in [2.75, 3.05) is 5.73 Å². The lowest BCUT2D eigenvalue weighted by Gasteiger charge is -2.11. The van der Waals surface area contributed by atoms with Crippen LogP contribution in [0.15, 0.2) is 6.07 Å². The van der Waals surface area contributed by atoms with Gasteiger partial charge in [0.25, 0.3) is 6.43 Å². The van der Waals surface area contributed by atoms with Crippen molar-refractivity contribution < 1.29 is 22.0 Å². The fourth-order valence-electron chi connectivity index (χ4n) is 0.891. The zero-order valence-corrected chi connectivity index (χ0v) is 9.10. The Bertz CT molecular complexity index is 376. The lowest BCUT2D eigenvalue weighted by molar-refractivity contribution is -0.141. The molecule has 0 saturated carbocycles. The first kappa shape index (κ1) is 12.4. The van der Waals surface area contributed by atoms with E-state index in [0.29, 0.717) is 6.07 Å². The highest BCUT2D eigenvalue weighted by atomic mass is 127. The second kappa shape index (κ2) is 4.06. The van der Waals surface area contributed by atoms with E-state index in [1.807, 2.05) is 0 Å². The molecule has 0 unspecified atom stereocenters. The molecular weight excluding hydrogens is 334 g/mol. The number of anilines is 1. The standard InChI is InChI=1S/C7H4F5IN2/c8-5(9)2-1-3(13)4(7(10,11)12)15-6(2)14/h1,5H,(H2,14,15). The molecule has 0 aliphatic rings. The van der Waals surface area contributed by atoms with E-state index in [9.17, 15) is 22.0 Å². The van der Waals surface area contributed by atoms with E-state index in [-0.39, 0.29) is 0 Å². The highest BCUT2D eigenvalue weighted by Crippen LogP contribution is 2.35. The summed E-state index contributed by atoms with van der Waals surface area (Å²) in [6, 6.07) is 0.691. The van der Waals surface area contributed by atoms with Gasteiger partial charge in [0.15, 0.2) is 5.69 Å². The molecule has 1 aromatic heterocycles. The monoisotopic (exact) mass is 338 g/mol. The summed E-state index contributed by atoms with van der Waals surface area (Å²) in [4.78, 5) is 2.93. The van der Waals surface area contributed by atoms with E-state index in [1.54, 1.807) is 0 Å². The van der Waals surface area contributed by atoms with Crippen molar-refractivity contribution in [2.45, 2.75) is 12.6 Å². The molecular formula is C7H4F5IN2. The summed E-state index contributed by atoms with van der Waals surface area (Å²) >= 11 is 1.29. The summed E-state index contributed by atoms with van der Waals surface area (Å²) in [6.07, 6.45) is -7.63. The Morgan fingerprint density at radius 2 is 1.87 bits per heavy atom. The van der Waals surface area contributed by atoms with Crippen molar-refractivity contribution >= 4 is 28.4 Å². The second-order valence-corrected chi connectivity index (χ2v) is 3.75. The molecule has 1 heterocycles. The average Bonchev–Trinajstić information content (AvgIpc) is 2.06. The van der Waals surface area contributed by atoms with E-state index in [1.165, 1.54) is 22.6 Å². The number of nitrogens with zero attached hydrogens (tertiary/aromatic N) is 1. The van der Waals surface area contributed by atoms with Crippen molar-refractivity contribution in [1.29, 1.82) is 0 Å². The topological polar surface area (TPSA) is 38.9 Å². The third-order valence-electron chi connectivity index (χ3n) is 1.54. The lowest BCUT2D eigenvalue weighted by Crippen LogP contribution is -2.13. The summed E-state index contributed by atoms with van der Waals surface area (Å²) in [6.45, 7) is 0. The van der Waals surface area contributed by atoms with Crippen molar-refractivity contribution in [3.05, 3.63) is 20.9 Å². The number of nitrogens with two attached hydrogens (primary N) is 1. The van der Waals surface area contributed by atoms with Gasteiger partial charge in [0.05, 0.1) is 5.56 Å². The Kier molecular flexibility index (Phi) is 3.36. The van der Waals surface area contributed by atoms with Gasteiger partial charge in [0.2, 0.25) is 0 Å². The van der Waals surface area contributed by atoms with Crippen LogP contribution in [0.3, 0.4) is 0 Å². The molecule has 0 fully saturated rings. The highest BCUT2D eigenvalue weighted by Gasteiger charge is 2.36. The van der Waals surface area contributed by atoms with Crippen LogP contribution in [0.25, 0.3) is 0 Å². The maximum Gasteiger partial charge on any atom is 0.434 e. The Morgan fingerprint density at radius 3 is 2.27 bits per heavy atom. The molecule has 0 aliphatic heterocycles. The van der Waals surface area contributed by atoms with E-state index in [0.717, 1.165) is 0 Å². The zero-order chi connectivity index (χ0) is 11.8. The molecule has 0 saturated heterocycles. The summed E-state index contributed by atoms with van der Waals surface area (Å²) < 4.78 is 60.8. The van der Waals surface area contributed by atoms with Crippen molar-refractivity contribution in [3.63, 3.8) is 0 Å². The number of hydrogen-bond acceptors (Lipinski definition) is 2. The molecule has 0 amide bonds. The first-order valence-electron chi connectivity index (χ1n) is 3.54. The molecule has 84 valence electrons. The van der Waals surface area contributed by atoms with Crippen LogP contribution in [-0.2, 0) is 6.18 Å². The predicted octanol–water partition coefficient (Wildman–Crippen LogP) is 3.22. The molecule has 0 radical (unpaired) electrons. The van der Waals surface area contributed by atoms with Gasteiger partial charge < -0.3 is 5.73 Å². The SMILES string of the molecule is Nc1nc(C(F)(F)F)c(I)cc1C(F)F. The molecule has 2 nitrogen and oxygen atoms in total. The van der Waals surface area contributed by atoms with Crippen LogP contribution in [0.5, 0.6) is 0 Å². The molecule has 0 aliphatic carbocycles. The molecule has 0 atom stereocenters. The van der Waals surface area contributed by atoms with Crippen LogP contribution in [0.1, 0.15) is 17.7 Å². The van der Waals surface area contributed by atoms with Gasteiger partial charge in [-0.25, -0.2) is 13.8 Å². The Labute approximate surface area is 94.8 Å². The summed E-state index contributed by atoms with van der Waals surface area (Å²) in [5, 5.41) is 0. The quantitative estimate of drug-likeness (QED) is 0.631. The van der Waals surface area contributed by atoms with E-state index >= 15 is 0 Å². The fourth-order valence-corrected chi connectivity index (χ4v) is 1.65. The molecule has 0 aromatic carbocycles. The van der Waals surface area contributed by atoms with E-state index < -0.39 is 33.2 Å².